The molecule has 1 aromatic carbocycles. The Morgan fingerprint density at radius 3 is 2.89 bits per heavy atom. The third kappa shape index (κ3) is 3.93. The van der Waals surface area contributed by atoms with Crippen molar-refractivity contribution < 1.29 is 4.79 Å². The molecule has 1 aliphatic rings. The van der Waals surface area contributed by atoms with E-state index in [4.69, 9.17) is 0 Å². The number of nitrogens with one attached hydrogen (secondary N) is 2. The van der Waals surface area contributed by atoms with E-state index in [9.17, 15) is 4.79 Å². The molecule has 1 aliphatic heterocycles. The molecular formula is C13H18N2OS2. The van der Waals surface area contributed by atoms with Crippen LogP contribution < -0.4 is 10.6 Å². The molecule has 0 bridgehead atoms. The maximum Gasteiger partial charge on any atom is 0.238 e. The summed E-state index contributed by atoms with van der Waals surface area (Å²) in [6, 6.07) is 8.35. The lowest BCUT2D eigenvalue weighted by Crippen LogP contribution is -2.41. The Labute approximate surface area is 116 Å². The van der Waals surface area contributed by atoms with E-state index < -0.39 is 0 Å². The van der Waals surface area contributed by atoms with Crippen LogP contribution in [-0.4, -0.2) is 29.3 Å². The van der Waals surface area contributed by atoms with Crippen LogP contribution in [0.5, 0.6) is 0 Å². The summed E-state index contributed by atoms with van der Waals surface area (Å²) in [6.07, 6.45) is 0. The van der Waals surface area contributed by atoms with Crippen molar-refractivity contribution in [3.05, 3.63) is 29.8 Å². The number of hydrogen-bond donors (Lipinski definition) is 2. The number of amides is 1. The summed E-state index contributed by atoms with van der Waals surface area (Å²) >= 11 is 3.59. The minimum atomic E-state index is -0.0232. The number of carbonyl (C=O) groups is 1. The predicted molar refractivity (Wildman–Crippen MR) is 78.9 cm³/mol. The number of hydrogen-bond acceptors (Lipinski definition) is 4. The predicted octanol–water partition coefficient (Wildman–Crippen LogP) is 2.08. The Morgan fingerprint density at radius 2 is 2.28 bits per heavy atom. The first-order valence-electron chi connectivity index (χ1n) is 6.10. The summed E-state index contributed by atoms with van der Waals surface area (Å²) in [5.41, 5.74) is 1.15. The molecule has 0 aliphatic carbocycles. The first kappa shape index (κ1) is 13.8. The zero-order valence-electron chi connectivity index (χ0n) is 10.4. The van der Waals surface area contributed by atoms with E-state index in [1.54, 1.807) is 11.8 Å². The first-order valence-corrected chi connectivity index (χ1v) is 8.24. The van der Waals surface area contributed by atoms with Gasteiger partial charge in [-0.15, -0.1) is 23.5 Å². The summed E-state index contributed by atoms with van der Waals surface area (Å²) in [4.78, 5) is 13.1. The Kier molecular flexibility index (Phi) is 5.41. The largest absolute Gasteiger partial charge is 0.351 e. The standard InChI is InChI=1S/C13H18N2OS2/c1-2-18-11-5-3-10(4-6-11)7-14-13(16)12-8-17-9-15-12/h3-6,12,15H,2,7-9H2,1H3,(H,14,16). The fraction of sp³-hybridized carbons (Fsp3) is 0.462. The fourth-order valence-electron chi connectivity index (χ4n) is 1.75. The lowest BCUT2D eigenvalue weighted by molar-refractivity contribution is -0.122. The zero-order valence-corrected chi connectivity index (χ0v) is 12.1. The molecule has 1 fully saturated rings. The molecule has 3 nitrogen and oxygen atoms in total. The molecule has 18 heavy (non-hydrogen) atoms. The molecule has 1 heterocycles. The lowest BCUT2D eigenvalue weighted by atomic mass is 10.2. The molecule has 0 spiro atoms. The van der Waals surface area contributed by atoms with E-state index >= 15 is 0 Å². The van der Waals surface area contributed by atoms with Gasteiger partial charge in [-0.05, 0) is 23.4 Å². The lowest BCUT2D eigenvalue weighted by Gasteiger charge is -2.10. The number of thioether (sulfide) groups is 2. The van der Waals surface area contributed by atoms with E-state index in [1.807, 2.05) is 11.8 Å². The van der Waals surface area contributed by atoms with E-state index in [-0.39, 0.29) is 11.9 Å². The van der Waals surface area contributed by atoms with Crippen LogP contribution in [0.2, 0.25) is 0 Å². The molecule has 2 rings (SSSR count). The summed E-state index contributed by atoms with van der Waals surface area (Å²) in [7, 11) is 0. The molecule has 0 saturated carbocycles. The van der Waals surface area contributed by atoms with E-state index in [1.165, 1.54) is 4.90 Å². The van der Waals surface area contributed by atoms with Crippen molar-refractivity contribution in [1.82, 2.24) is 10.6 Å². The highest BCUT2D eigenvalue weighted by Gasteiger charge is 2.21. The molecule has 2 N–H and O–H groups in total. The zero-order chi connectivity index (χ0) is 12.8. The van der Waals surface area contributed by atoms with Crippen molar-refractivity contribution in [3.8, 4) is 0 Å². The van der Waals surface area contributed by atoms with Crippen molar-refractivity contribution in [2.24, 2.45) is 0 Å². The van der Waals surface area contributed by atoms with Crippen molar-refractivity contribution in [3.63, 3.8) is 0 Å². The maximum absolute atomic E-state index is 11.8. The van der Waals surface area contributed by atoms with Gasteiger partial charge >= 0.3 is 0 Å². The van der Waals surface area contributed by atoms with Gasteiger partial charge in [0.15, 0.2) is 0 Å². The highest BCUT2D eigenvalue weighted by Crippen LogP contribution is 2.17. The third-order valence-corrected chi connectivity index (χ3v) is 4.57. The van der Waals surface area contributed by atoms with E-state index in [0.717, 1.165) is 22.9 Å². The van der Waals surface area contributed by atoms with Gasteiger partial charge < -0.3 is 5.32 Å². The molecule has 5 heteroatoms. The number of carbonyl (C=O) groups excluding carboxylic acids is 1. The molecule has 1 atom stereocenters. The molecule has 98 valence electrons. The Hall–Kier alpha value is -0.650. The Balaban J connectivity index is 1.80. The normalized spacial score (nSPS) is 18.8. The molecular weight excluding hydrogens is 264 g/mol. The van der Waals surface area contributed by atoms with Crippen molar-refractivity contribution >= 4 is 29.4 Å². The van der Waals surface area contributed by atoms with Gasteiger partial charge in [-0.2, -0.15) is 0 Å². The van der Waals surface area contributed by atoms with Gasteiger partial charge in [0, 0.05) is 23.1 Å². The van der Waals surface area contributed by atoms with Crippen LogP contribution >= 0.6 is 23.5 Å². The van der Waals surface area contributed by atoms with Crippen LogP contribution in [-0.2, 0) is 11.3 Å². The van der Waals surface area contributed by atoms with Crippen molar-refractivity contribution in [2.75, 3.05) is 17.4 Å². The van der Waals surface area contributed by atoms with Crippen LogP contribution in [0.25, 0.3) is 0 Å². The molecule has 1 amide bonds. The minimum absolute atomic E-state index is 0.0232. The molecule has 1 aromatic rings. The van der Waals surface area contributed by atoms with Crippen molar-refractivity contribution in [2.45, 2.75) is 24.4 Å². The SMILES string of the molecule is CCSc1ccc(CNC(=O)C2CSCN2)cc1. The monoisotopic (exact) mass is 282 g/mol. The highest BCUT2D eigenvalue weighted by molar-refractivity contribution is 7.99. The van der Waals surface area contributed by atoms with Crippen LogP contribution in [0.3, 0.4) is 0 Å². The van der Waals surface area contributed by atoms with Crippen LogP contribution in [0.4, 0.5) is 0 Å². The molecule has 1 unspecified atom stereocenters. The van der Waals surface area contributed by atoms with Crippen LogP contribution in [0.15, 0.2) is 29.2 Å². The second kappa shape index (κ2) is 7.07. The van der Waals surface area contributed by atoms with Gasteiger partial charge in [0.1, 0.15) is 0 Å². The minimum Gasteiger partial charge on any atom is -0.351 e. The summed E-state index contributed by atoms with van der Waals surface area (Å²) < 4.78 is 0. The summed E-state index contributed by atoms with van der Waals surface area (Å²) in [6.45, 7) is 2.75. The maximum atomic E-state index is 11.8. The molecule has 0 aromatic heterocycles. The van der Waals surface area contributed by atoms with Crippen molar-refractivity contribution in [1.29, 1.82) is 0 Å². The first-order chi connectivity index (χ1) is 8.79. The fourth-order valence-corrected chi connectivity index (χ4v) is 3.35. The smallest absolute Gasteiger partial charge is 0.238 e. The average molecular weight is 282 g/mol. The van der Waals surface area contributed by atoms with Gasteiger partial charge in [-0.3, -0.25) is 10.1 Å². The number of benzene rings is 1. The summed E-state index contributed by atoms with van der Waals surface area (Å²) in [5, 5.41) is 6.14. The second-order valence-electron chi connectivity index (χ2n) is 4.07. The molecule has 1 saturated heterocycles. The average Bonchev–Trinajstić information content (AvgIpc) is 2.92. The van der Waals surface area contributed by atoms with Crippen LogP contribution in [0.1, 0.15) is 12.5 Å². The van der Waals surface area contributed by atoms with Crippen LogP contribution in [0, 0.1) is 0 Å². The van der Waals surface area contributed by atoms with E-state index in [0.29, 0.717) is 6.54 Å². The van der Waals surface area contributed by atoms with E-state index in [2.05, 4.69) is 41.8 Å². The quantitative estimate of drug-likeness (QED) is 0.811. The van der Waals surface area contributed by atoms with Gasteiger partial charge in [-0.25, -0.2) is 0 Å². The Morgan fingerprint density at radius 1 is 1.50 bits per heavy atom. The highest BCUT2D eigenvalue weighted by atomic mass is 32.2. The number of rotatable bonds is 5. The molecule has 0 radical (unpaired) electrons. The Bertz CT molecular complexity index is 388. The van der Waals surface area contributed by atoms with Gasteiger partial charge in [-0.1, -0.05) is 19.1 Å². The topological polar surface area (TPSA) is 41.1 Å². The van der Waals surface area contributed by atoms with Gasteiger partial charge in [0.2, 0.25) is 5.91 Å². The summed E-state index contributed by atoms with van der Waals surface area (Å²) in [5.74, 6) is 2.94. The third-order valence-electron chi connectivity index (χ3n) is 2.73. The second-order valence-corrected chi connectivity index (χ2v) is 6.43. The van der Waals surface area contributed by atoms with Gasteiger partial charge in [0.25, 0.3) is 0 Å². The van der Waals surface area contributed by atoms with Gasteiger partial charge in [0.05, 0.1) is 6.04 Å².